The highest BCUT2D eigenvalue weighted by Crippen LogP contribution is 2.27. The number of ketones is 1. The summed E-state index contributed by atoms with van der Waals surface area (Å²) in [6.45, 7) is 0. The van der Waals surface area contributed by atoms with Crippen LogP contribution in [0.25, 0.3) is 0 Å². The van der Waals surface area contributed by atoms with Crippen molar-refractivity contribution >= 4 is 18.0 Å². The van der Waals surface area contributed by atoms with Gasteiger partial charge in [0.05, 0.1) is 12.3 Å². The van der Waals surface area contributed by atoms with Crippen molar-refractivity contribution in [1.29, 1.82) is 0 Å². The highest BCUT2D eigenvalue weighted by atomic mass is 19.1. The molecule has 0 fully saturated rings. The number of carbonyl (C=O) groups is 2. The first kappa shape index (κ1) is 20.1. The van der Waals surface area contributed by atoms with Gasteiger partial charge in [0, 0.05) is 25.2 Å². The Bertz CT molecular complexity index is 1010. The quantitative estimate of drug-likeness (QED) is 0.359. The van der Waals surface area contributed by atoms with Crippen molar-refractivity contribution in [3.8, 4) is 0 Å². The van der Waals surface area contributed by atoms with E-state index in [4.69, 9.17) is 0 Å². The van der Waals surface area contributed by atoms with E-state index in [2.05, 4.69) is 4.99 Å². The molecule has 0 saturated carbocycles. The largest absolute Gasteiger partial charge is 0.369 e. The highest BCUT2D eigenvalue weighted by molar-refractivity contribution is 6.09. The molecule has 5 heteroatoms. The van der Waals surface area contributed by atoms with E-state index in [0.29, 0.717) is 22.3 Å². The molecule has 0 aromatic heterocycles. The predicted octanol–water partition coefficient (Wildman–Crippen LogP) is 4.31. The molecule has 0 aliphatic carbocycles. The number of halogens is 1. The fourth-order valence-electron chi connectivity index (χ4n) is 2.96. The molecule has 0 aliphatic rings. The van der Waals surface area contributed by atoms with E-state index < -0.39 is 5.92 Å². The van der Waals surface area contributed by atoms with E-state index in [0.717, 1.165) is 0 Å². The molecule has 3 aromatic rings. The van der Waals surface area contributed by atoms with Crippen LogP contribution < -0.4 is 0 Å². The maximum atomic E-state index is 13.4. The lowest BCUT2D eigenvalue weighted by molar-refractivity contribution is -0.118. The number of benzene rings is 3. The fourth-order valence-corrected chi connectivity index (χ4v) is 2.96. The van der Waals surface area contributed by atoms with Crippen molar-refractivity contribution < 1.29 is 14.0 Å². The lowest BCUT2D eigenvalue weighted by Crippen LogP contribution is -2.16. The molecule has 0 aliphatic heterocycles. The van der Waals surface area contributed by atoms with Crippen molar-refractivity contribution in [2.75, 3.05) is 14.1 Å². The van der Waals surface area contributed by atoms with Crippen LogP contribution in [-0.4, -0.2) is 37.0 Å². The molecule has 0 radical (unpaired) electrons. The number of nitrogens with zero attached hydrogens (tertiary/aromatic N) is 2. The summed E-state index contributed by atoms with van der Waals surface area (Å²) in [5, 5.41) is 0. The number of hydrogen-bond acceptors (Lipinski definition) is 2. The average Bonchev–Trinajstić information content (AvgIpc) is 2.74. The second kappa shape index (κ2) is 9.06. The van der Waals surface area contributed by atoms with Gasteiger partial charge in [-0.3, -0.25) is 9.59 Å². The van der Waals surface area contributed by atoms with Gasteiger partial charge in [-0.05, 0) is 23.3 Å². The Morgan fingerprint density at radius 1 is 0.828 bits per heavy atom. The van der Waals surface area contributed by atoms with Gasteiger partial charge in [-0.15, -0.1) is 0 Å². The van der Waals surface area contributed by atoms with Gasteiger partial charge in [-0.2, -0.15) is 0 Å². The molecular weight excluding hydrogens is 367 g/mol. The first-order valence-corrected chi connectivity index (χ1v) is 9.15. The first-order valence-electron chi connectivity index (χ1n) is 9.15. The summed E-state index contributed by atoms with van der Waals surface area (Å²) in [5.41, 5.74) is 2.45. The van der Waals surface area contributed by atoms with Crippen LogP contribution in [0.15, 0.2) is 83.9 Å². The van der Waals surface area contributed by atoms with Crippen LogP contribution in [-0.2, 0) is 4.79 Å². The third kappa shape index (κ3) is 5.02. The van der Waals surface area contributed by atoms with Crippen molar-refractivity contribution in [3.63, 3.8) is 0 Å². The maximum Gasteiger partial charge on any atom is 0.259 e. The van der Waals surface area contributed by atoms with Crippen LogP contribution in [0.3, 0.4) is 0 Å². The molecule has 0 N–H and O–H groups in total. The van der Waals surface area contributed by atoms with Crippen molar-refractivity contribution in [2.24, 2.45) is 4.99 Å². The second-order valence-corrected chi connectivity index (χ2v) is 6.85. The van der Waals surface area contributed by atoms with Crippen molar-refractivity contribution in [1.82, 2.24) is 4.90 Å². The van der Waals surface area contributed by atoms with Gasteiger partial charge in [-0.25, -0.2) is 9.38 Å². The number of amides is 1. The van der Waals surface area contributed by atoms with Gasteiger partial charge >= 0.3 is 0 Å². The topological polar surface area (TPSA) is 49.7 Å². The van der Waals surface area contributed by atoms with Crippen LogP contribution in [0.5, 0.6) is 0 Å². The van der Waals surface area contributed by atoms with Crippen molar-refractivity contribution in [2.45, 2.75) is 5.92 Å². The van der Waals surface area contributed by atoms with E-state index in [9.17, 15) is 14.0 Å². The van der Waals surface area contributed by atoms with Gasteiger partial charge in [0.25, 0.3) is 5.91 Å². The summed E-state index contributed by atoms with van der Waals surface area (Å²) in [5.74, 6) is -1.52. The Morgan fingerprint density at radius 2 is 1.34 bits per heavy atom. The Balaban J connectivity index is 1.94. The van der Waals surface area contributed by atoms with E-state index in [1.54, 1.807) is 67.5 Å². The molecule has 1 atom stereocenters. The summed E-state index contributed by atoms with van der Waals surface area (Å²) in [4.78, 5) is 31.1. The van der Waals surface area contributed by atoms with Gasteiger partial charge in [0.1, 0.15) is 5.82 Å². The molecule has 0 saturated heterocycles. The van der Waals surface area contributed by atoms with Crippen LogP contribution >= 0.6 is 0 Å². The van der Waals surface area contributed by atoms with Crippen molar-refractivity contribution in [3.05, 3.63) is 107 Å². The molecule has 3 rings (SSSR count). The van der Waals surface area contributed by atoms with E-state index >= 15 is 0 Å². The number of carbonyl (C=O) groups excluding carboxylic acids is 2. The maximum absolute atomic E-state index is 13.4. The predicted molar refractivity (Wildman–Crippen MR) is 112 cm³/mol. The summed E-state index contributed by atoms with van der Waals surface area (Å²) < 4.78 is 13.4. The molecule has 29 heavy (non-hydrogen) atoms. The Hall–Kier alpha value is -3.60. The molecule has 0 bridgehead atoms. The lowest BCUT2D eigenvalue weighted by Gasteiger charge is -2.15. The van der Waals surface area contributed by atoms with Crippen LogP contribution in [0.1, 0.15) is 33.0 Å². The van der Waals surface area contributed by atoms with Crippen LogP contribution in [0.2, 0.25) is 0 Å². The Labute approximate surface area is 169 Å². The van der Waals surface area contributed by atoms with Gasteiger partial charge < -0.3 is 4.90 Å². The summed E-state index contributed by atoms with van der Waals surface area (Å²) >= 11 is 0. The van der Waals surface area contributed by atoms with Gasteiger partial charge in [0.15, 0.2) is 5.78 Å². The molecule has 1 amide bonds. The Kier molecular flexibility index (Phi) is 6.29. The summed E-state index contributed by atoms with van der Waals surface area (Å²) in [6, 6.07) is 21.7. The highest BCUT2D eigenvalue weighted by Gasteiger charge is 2.23. The van der Waals surface area contributed by atoms with Crippen LogP contribution in [0, 0.1) is 5.82 Å². The van der Waals surface area contributed by atoms with Crippen LogP contribution in [0.4, 0.5) is 4.39 Å². The molecule has 3 aromatic carbocycles. The zero-order valence-corrected chi connectivity index (χ0v) is 16.2. The molecular formula is C24H21FN2O2. The zero-order chi connectivity index (χ0) is 20.8. The average molecular weight is 388 g/mol. The van der Waals surface area contributed by atoms with E-state index in [1.165, 1.54) is 18.5 Å². The van der Waals surface area contributed by atoms with Gasteiger partial charge in [-0.1, -0.05) is 66.7 Å². The summed E-state index contributed by atoms with van der Waals surface area (Å²) in [7, 11) is 3.54. The normalized spacial score (nSPS) is 12.0. The number of hydrogen-bond donors (Lipinski definition) is 0. The Morgan fingerprint density at radius 3 is 1.90 bits per heavy atom. The van der Waals surface area contributed by atoms with E-state index in [1.807, 2.05) is 18.2 Å². The minimum Gasteiger partial charge on any atom is -0.369 e. The SMILES string of the molecule is CN(C)C=NC(=O)C(c1ccc(F)cc1)c1ccc(C(=O)c2ccccc2)cc1. The lowest BCUT2D eigenvalue weighted by atomic mass is 9.89. The second-order valence-electron chi connectivity index (χ2n) is 6.85. The summed E-state index contributed by atoms with van der Waals surface area (Å²) in [6.07, 6.45) is 1.44. The molecule has 0 heterocycles. The standard InChI is InChI=1S/C24H21FN2O2/c1-27(2)16-26-24(29)22(18-12-14-21(25)15-13-18)17-8-10-20(11-9-17)23(28)19-6-4-3-5-7-19/h3-16,22H,1-2H3. The third-order valence-corrected chi connectivity index (χ3v) is 4.41. The number of aliphatic imine (C=N–C) groups is 1. The molecule has 4 nitrogen and oxygen atoms in total. The smallest absolute Gasteiger partial charge is 0.259 e. The fraction of sp³-hybridized carbons (Fsp3) is 0.125. The van der Waals surface area contributed by atoms with E-state index in [-0.39, 0.29) is 17.5 Å². The molecule has 0 spiro atoms. The van der Waals surface area contributed by atoms with Gasteiger partial charge in [0.2, 0.25) is 0 Å². The number of rotatable bonds is 6. The minimum absolute atomic E-state index is 0.0903. The zero-order valence-electron chi connectivity index (χ0n) is 16.2. The molecule has 1 unspecified atom stereocenters. The monoisotopic (exact) mass is 388 g/mol. The first-order chi connectivity index (χ1) is 14.0. The minimum atomic E-state index is -0.687. The third-order valence-electron chi connectivity index (χ3n) is 4.41. The molecule has 146 valence electrons.